The van der Waals surface area contributed by atoms with Crippen LogP contribution >= 0.6 is 11.8 Å². The number of nitrogens with zero attached hydrogens (tertiary/aromatic N) is 3. The first kappa shape index (κ1) is 21.3. The number of para-hydroxylation sites is 1. The molecule has 4 aromatic rings. The number of aromatic amines is 1. The molecule has 2 aromatic heterocycles. The Morgan fingerprint density at radius 3 is 2.53 bits per heavy atom. The number of anilines is 1. The van der Waals surface area contributed by atoms with Gasteiger partial charge in [0.25, 0.3) is 0 Å². The highest BCUT2D eigenvalue weighted by molar-refractivity contribution is 7.98. The van der Waals surface area contributed by atoms with Crippen molar-refractivity contribution in [1.82, 2.24) is 9.97 Å². The molecule has 0 fully saturated rings. The highest BCUT2D eigenvalue weighted by atomic mass is 32.2. The van der Waals surface area contributed by atoms with Crippen molar-refractivity contribution < 1.29 is 9.84 Å². The number of aliphatic hydroxyl groups is 1. The van der Waals surface area contributed by atoms with E-state index in [9.17, 15) is 10.5 Å². The summed E-state index contributed by atoms with van der Waals surface area (Å²) in [4.78, 5) is 7.62. The molecule has 0 unspecified atom stereocenters. The lowest BCUT2D eigenvalue weighted by Gasteiger charge is -2.13. The largest absolute Gasteiger partial charge is 0.491 e. The third-order valence-electron chi connectivity index (χ3n) is 4.96. The number of hydrogen-bond acceptors (Lipinski definition) is 7. The fourth-order valence-corrected chi connectivity index (χ4v) is 4.46. The molecule has 8 heteroatoms. The summed E-state index contributed by atoms with van der Waals surface area (Å²) in [5.41, 5.74) is 9.84. The Balaban J connectivity index is 1.72. The van der Waals surface area contributed by atoms with Crippen LogP contribution < -0.4 is 10.5 Å². The lowest BCUT2D eigenvalue weighted by atomic mass is 9.97. The topological polar surface area (TPSA) is 132 Å². The third kappa shape index (κ3) is 4.10. The zero-order chi connectivity index (χ0) is 22.5. The second-order valence-corrected chi connectivity index (χ2v) is 7.86. The van der Waals surface area contributed by atoms with Gasteiger partial charge in [-0.3, -0.25) is 0 Å². The number of fused-ring (bicyclic) bond motifs is 1. The van der Waals surface area contributed by atoms with Gasteiger partial charge in [0.05, 0.1) is 12.2 Å². The molecule has 0 atom stereocenters. The van der Waals surface area contributed by atoms with E-state index in [1.54, 1.807) is 24.3 Å². The quantitative estimate of drug-likeness (QED) is 0.366. The van der Waals surface area contributed by atoms with Crippen LogP contribution in [-0.2, 0) is 5.75 Å². The van der Waals surface area contributed by atoms with E-state index in [-0.39, 0.29) is 24.6 Å². The second kappa shape index (κ2) is 9.44. The average Bonchev–Trinajstić information content (AvgIpc) is 3.24. The second-order valence-electron chi connectivity index (χ2n) is 6.90. The van der Waals surface area contributed by atoms with Gasteiger partial charge in [-0.1, -0.05) is 30.3 Å². The van der Waals surface area contributed by atoms with Crippen LogP contribution in [0.3, 0.4) is 0 Å². The molecule has 4 N–H and O–H groups in total. The number of H-pyrrole nitrogens is 1. The van der Waals surface area contributed by atoms with E-state index >= 15 is 0 Å². The number of ether oxygens (including phenoxy) is 1. The van der Waals surface area contributed by atoms with Gasteiger partial charge >= 0.3 is 0 Å². The van der Waals surface area contributed by atoms with Crippen molar-refractivity contribution in [2.75, 3.05) is 18.9 Å². The van der Waals surface area contributed by atoms with E-state index in [2.05, 4.69) is 22.1 Å². The molecule has 0 aliphatic rings. The maximum Gasteiger partial charge on any atom is 0.143 e. The Bertz CT molecular complexity index is 1350. The Morgan fingerprint density at radius 1 is 1.06 bits per heavy atom. The molecule has 4 rings (SSSR count). The van der Waals surface area contributed by atoms with Crippen molar-refractivity contribution in [2.24, 2.45) is 0 Å². The lowest BCUT2D eigenvalue weighted by Crippen LogP contribution is -2.04. The number of pyridine rings is 1. The van der Waals surface area contributed by atoms with E-state index < -0.39 is 0 Å². The molecular formula is C24H19N5O2S. The summed E-state index contributed by atoms with van der Waals surface area (Å²) < 4.78 is 5.40. The number of benzene rings is 2. The van der Waals surface area contributed by atoms with Gasteiger partial charge in [-0.05, 0) is 29.3 Å². The molecule has 0 amide bonds. The molecule has 0 bridgehead atoms. The highest BCUT2D eigenvalue weighted by Crippen LogP contribution is 2.37. The molecular weight excluding hydrogens is 422 g/mol. The van der Waals surface area contributed by atoms with Gasteiger partial charge in [-0.25, -0.2) is 4.98 Å². The number of aliphatic hydroxyl groups excluding tert-OH is 1. The predicted octanol–water partition coefficient (Wildman–Crippen LogP) is 4.22. The van der Waals surface area contributed by atoms with Crippen LogP contribution in [0.15, 0.2) is 59.8 Å². The Kier molecular flexibility index (Phi) is 6.27. The number of aromatic nitrogens is 2. The van der Waals surface area contributed by atoms with E-state index in [1.165, 1.54) is 11.8 Å². The number of nitrogens with one attached hydrogen (secondary N) is 1. The van der Waals surface area contributed by atoms with E-state index in [0.29, 0.717) is 33.2 Å². The van der Waals surface area contributed by atoms with Crippen LogP contribution in [0, 0.1) is 22.7 Å². The number of rotatable bonds is 7. The number of nitrogen functional groups attached to an aromatic ring is 1. The molecule has 0 aliphatic carbocycles. The first-order valence-corrected chi connectivity index (χ1v) is 10.8. The summed E-state index contributed by atoms with van der Waals surface area (Å²) in [7, 11) is 0. The summed E-state index contributed by atoms with van der Waals surface area (Å²) in [6.45, 7) is 0.0971. The Morgan fingerprint density at radius 2 is 1.81 bits per heavy atom. The van der Waals surface area contributed by atoms with Gasteiger partial charge in [0, 0.05) is 28.4 Å². The van der Waals surface area contributed by atoms with Crippen LogP contribution in [-0.4, -0.2) is 28.3 Å². The van der Waals surface area contributed by atoms with Crippen molar-refractivity contribution in [1.29, 1.82) is 10.5 Å². The fourth-order valence-electron chi connectivity index (χ4n) is 3.47. The first-order valence-electron chi connectivity index (χ1n) is 9.81. The number of nitrogens with two attached hydrogens (primary N) is 1. The zero-order valence-electron chi connectivity index (χ0n) is 17.0. The summed E-state index contributed by atoms with van der Waals surface area (Å²) in [5.74, 6) is 1.25. The van der Waals surface area contributed by atoms with Crippen molar-refractivity contribution >= 4 is 28.5 Å². The molecule has 0 spiro atoms. The molecule has 0 saturated carbocycles. The smallest absolute Gasteiger partial charge is 0.143 e. The standard InChI is InChI=1S/C24H19N5O2S/c25-11-19-22(15-5-7-17(8-6-15)31-10-9-30)20(12-26)24(29-23(19)27)32-14-16-13-28-21-4-2-1-3-18(16)21/h1-8,13,28,30H,9-10,14H2,(H2,27,29). The fraction of sp³-hybridized carbons (Fsp3) is 0.125. The monoisotopic (exact) mass is 441 g/mol. The van der Waals surface area contributed by atoms with Crippen molar-refractivity contribution in [3.8, 4) is 29.0 Å². The molecule has 0 radical (unpaired) electrons. The Hall–Kier alpha value is -3.98. The van der Waals surface area contributed by atoms with Crippen LogP contribution in [0.25, 0.3) is 22.0 Å². The third-order valence-corrected chi connectivity index (χ3v) is 5.98. The number of nitriles is 2. The van der Waals surface area contributed by atoms with Crippen molar-refractivity contribution in [3.05, 3.63) is 71.4 Å². The van der Waals surface area contributed by atoms with Gasteiger partial charge in [0.1, 0.15) is 40.9 Å². The molecule has 158 valence electrons. The van der Waals surface area contributed by atoms with E-state index in [0.717, 1.165) is 16.5 Å². The van der Waals surface area contributed by atoms with Crippen LogP contribution in [0.5, 0.6) is 5.75 Å². The minimum atomic E-state index is -0.0865. The maximum absolute atomic E-state index is 9.96. The summed E-state index contributed by atoms with van der Waals surface area (Å²) >= 11 is 1.41. The molecule has 2 heterocycles. The molecule has 32 heavy (non-hydrogen) atoms. The summed E-state index contributed by atoms with van der Waals surface area (Å²) in [5, 5.41) is 30.2. The first-order chi connectivity index (χ1) is 15.7. The average molecular weight is 442 g/mol. The molecule has 2 aromatic carbocycles. The van der Waals surface area contributed by atoms with Gasteiger partial charge in [0.2, 0.25) is 0 Å². The molecule has 0 saturated heterocycles. The van der Waals surface area contributed by atoms with Gasteiger partial charge in [0.15, 0.2) is 0 Å². The van der Waals surface area contributed by atoms with Crippen LogP contribution in [0.2, 0.25) is 0 Å². The molecule has 0 aliphatic heterocycles. The van der Waals surface area contributed by atoms with Gasteiger partial charge < -0.3 is 20.6 Å². The predicted molar refractivity (Wildman–Crippen MR) is 124 cm³/mol. The lowest BCUT2D eigenvalue weighted by molar-refractivity contribution is 0.201. The number of hydrogen-bond donors (Lipinski definition) is 3. The van der Waals surface area contributed by atoms with Gasteiger partial charge in [-0.15, -0.1) is 11.8 Å². The Labute approximate surface area is 189 Å². The van der Waals surface area contributed by atoms with Crippen molar-refractivity contribution in [2.45, 2.75) is 10.8 Å². The summed E-state index contributed by atoms with van der Waals surface area (Å²) in [6.07, 6.45) is 1.95. The van der Waals surface area contributed by atoms with Crippen LogP contribution in [0.4, 0.5) is 5.82 Å². The minimum Gasteiger partial charge on any atom is -0.491 e. The summed E-state index contributed by atoms with van der Waals surface area (Å²) in [6, 6.07) is 19.3. The van der Waals surface area contributed by atoms with Gasteiger partial charge in [-0.2, -0.15) is 10.5 Å². The highest BCUT2D eigenvalue weighted by Gasteiger charge is 2.21. The van der Waals surface area contributed by atoms with E-state index in [4.69, 9.17) is 15.6 Å². The van der Waals surface area contributed by atoms with Crippen LogP contribution in [0.1, 0.15) is 16.7 Å². The molecule has 7 nitrogen and oxygen atoms in total. The zero-order valence-corrected chi connectivity index (χ0v) is 17.8. The maximum atomic E-state index is 9.96. The number of thioether (sulfide) groups is 1. The van der Waals surface area contributed by atoms with Crippen molar-refractivity contribution in [3.63, 3.8) is 0 Å². The normalized spacial score (nSPS) is 10.6. The minimum absolute atomic E-state index is 0.0865. The SMILES string of the molecule is N#Cc1c(N)nc(SCc2c[nH]c3ccccc23)c(C#N)c1-c1ccc(OCCO)cc1. The van der Waals surface area contributed by atoms with E-state index in [1.807, 2.05) is 30.5 Å².